The summed E-state index contributed by atoms with van der Waals surface area (Å²) in [6.07, 6.45) is 1.70. The fourth-order valence-corrected chi connectivity index (χ4v) is 1.25. The Balaban J connectivity index is 2.47. The molecule has 0 spiro atoms. The maximum atomic E-state index is 4.03. The lowest BCUT2D eigenvalue weighted by molar-refractivity contribution is 0.919. The molecule has 1 heterocycles. The smallest absolute Gasteiger partial charge is 0.163 e. The van der Waals surface area contributed by atoms with Gasteiger partial charge in [0.25, 0.3) is 0 Å². The van der Waals surface area contributed by atoms with Crippen LogP contribution >= 0.6 is 0 Å². The summed E-state index contributed by atoms with van der Waals surface area (Å²) in [5.41, 5.74) is 2.36. The second-order valence-electron chi connectivity index (χ2n) is 3.13. The zero-order valence-corrected chi connectivity index (χ0v) is 7.73. The Morgan fingerprint density at radius 3 is 2.38 bits per heavy atom. The zero-order chi connectivity index (χ0) is 9.26. The van der Waals surface area contributed by atoms with Gasteiger partial charge in [-0.1, -0.05) is 29.8 Å². The number of aromatic nitrogens is 3. The summed E-state index contributed by atoms with van der Waals surface area (Å²) in [4.78, 5) is 0. The Hall–Kier alpha value is -1.64. The highest BCUT2D eigenvalue weighted by Gasteiger charge is 2.02. The second-order valence-corrected chi connectivity index (χ2v) is 3.13. The number of benzene rings is 1. The number of hydrogen-bond donors (Lipinski definition) is 0. The van der Waals surface area contributed by atoms with Gasteiger partial charge in [-0.25, -0.2) is 0 Å². The number of aryl methyl sites for hydroxylation is 2. The monoisotopic (exact) mass is 173 g/mol. The third-order valence-electron chi connectivity index (χ3n) is 2.02. The van der Waals surface area contributed by atoms with E-state index >= 15 is 0 Å². The standard InChI is InChI=1S/C10H11N3/c1-8-3-5-9(6-4-8)10-12-11-7-13(10)2/h3-7H,1-2H3. The third kappa shape index (κ3) is 1.45. The molecule has 13 heavy (non-hydrogen) atoms. The summed E-state index contributed by atoms with van der Waals surface area (Å²) < 4.78 is 1.91. The molecule has 0 fully saturated rings. The van der Waals surface area contributed by atoms with E-state index in [1.807, 2.05) is 11.6 Å². The topological polar surface area (TPSA) is 30.7 Å². The molecule has 3 heteroatoms. The SMILES string of the molecule is Cc1ccc(-c2nncn2C)cc1. The van der Waals surface area contributed by atoms with Crippen LogP contribution in [0.3, 0.4) is 0 Å². The summed E-state index contributed by atoms with van der Waals surface area (Å²) in [5, 5.41) is 7.86. The quantitative estimate of drug-likeness (QED) is 0.658. The van der Waals surface area contributed by atoms with Crippen LogP contribution in [0.2, 0.25) is 0 Å². The van der Waals surface area contributed by atoms with Crippen molar-refractivity contribution in [3.63, 3.8) is 0 Å². The predicted molar refractivity (Wildman–Crippen MR) is 51.2 cm³/mol. The van der Waals surface area contributed by atoms with Crippen molar-refractivity contribution in [1.82, 2.24) is 14.8 Å². The molecule has 0 unspecified atom stereocenters. The largest absolute Gasteiger partial charge is 0.317 e. The van der Waals surface area contributed by atoms with Gasteiger partial charge in [-0.3, -0.25) is 0 Å². The van der Waals surface area contributed by atoms with Crippen LogP contribution in [0.15, 0.2) is 30.6 Å². The van der Waals surface area contributed by atoms with E-state index in [0.717, 1.165) is 11.4 Å². The van der Waals surface area contributed by atoms with Crippen LogP contribution in [0.1, 0.15) is 5.56 Å². The van der Waals surface area contributed by atoms with Gasteiger partial charge in [-0.15, -0.1) is 10.2 Å². The predicted octanol–water partition coefficient (Wildman–Crippen LogP) is 1.79. The molecule has 3 nitrogen and oxygen atoms in total. The molecule has 66 valence electrons. The van der Waals surface area contributed by atoms with Gasteiger partial charge in [0.1, 0.15) is 6.33 Å². The van der Waals surface area contributed by atoms with Gasteiger partial charge in [0.15, 0.2) is 5.82 Å². The Bertz CT molecular complexity index is 400. The van der Waals surface area contributed by atoms with Gasteiger partial charge in [-0.2, -0.15) is 0 Å². The third-order valence-corrected chi connectivity index (χ3v) is 2.02. The van der Waals surface area contributed by atoms with Crippen LogP contribution in [0.25, 0.3) is 11.4 Å². The van der Waals surface area contributed by atoms with Gasteiger partial charge in [0, 0.05) is 12.6 Å². The van der Waals surface area contributed by atoms with Crippen molar-refractivity contribution in [2.45, 2.75) is 6.92 Å². The lowest BCUT2D eigenvalue weighted by Crippen LogP contribution is -1.90. The minimum absolute atomic E-state index is 0.903. The Labute approximate surface area is 77.0 Å². The normalized spacial score (nSPS) is 10.3. The van der Waals surface area contributed by atoms with E-state index in [4.69, 9.17) is 0 Å². The molecule has 0 amide bonds. The number of rotatable bonds is 1. The van der Waals surface area contributed by atoms with Crippen molar-refractivity contribution in [3.8, 4) is 11.4 Å². The summed E-state index contributed by atoms with van der Waals surface area (Å²) in [7, 11) is 1.94. The van der Waals surface area contributed by atoms with Crippen molar-refractivity contribution in [1.29, 1.82) is 0 Å². The van der Waals surface area contributed by atoms with Crippen molar-refractivity contribution < 1.29 is 0 Å². The molecule has 0 aliphatic rings. The molecule has 0 N–H and O–H groups in total. The number of hydrogen-bond acceptors (Lipinski definition) is 2. The van der Waals surface area contributed by atoms with E-state index in [9.17, 15) is 0 Å². The summed E-state index contributed by atoms with van der Waals surface area (Å²) in [5.74, 6) is 0.903. The molecule has 0 atom stereocenters. The molecule has 2 aromatic rings. The second kappa shape index (κ2) is 3.01. The molecule has 2 rings (SSSR count). The van der Waals surface area contributed by atoms with Crippen LogP contribution in [-0.2, 0) is 7.05 Å². The highest BCUT2D eigenvalue weighted by Crippen LogP contribution is 2.15. The average Bonchev–Trinajstić information content (AvgIpc) is 2.53. The molecular weight excluding hydrogens is 162 g/mol. The maximum absolute atomic E-state index is 4.03. The highest BCUT2D eigenvalue weighted by molar-refractivity contribution is 5.55. The van der Waals surface area contributed by atoms with Crippen molar-refractivity contribution in [3.05, 3.63) is 36.2 Å². The molecule has 0 aliphatic carbocycles. The minimum atomic E-state index is 0.903. The van der Waals surface area contributed by atoms with Crippen LogP contribution in [0.4, 0.5) is 0 Å². The lowest BCUT2D eigenvalue weighted by atomic mass is 10.1. The van der Waals surface area contributed by atoms with Crippen molar-refractivity contribution in [2.24, 2.45) is 7.05 Å². The summed E-state index contributed by atoms with van der Waals surface area (Å²) >= 11 is 0. The Kier molecular flexibility index (Phi) is 1.85. The molecular formula is C10H11N3. The Morgan fingerprint density at radius 2 is 1.85 bits per heavy atom. The van der Waals surface area contributed by atoms with Gasteiger partial charge in [0.2, 0.25) is 0 Å². The van der Waals surface area contributed by atoms with Crippen LogP contribution < -0.4 is 0 Å². The molecule has 0 saturated carbocycles. The van der Waals surface area contributed by atoms with E-state index in [2.05, 4.69) is 41.4 Å². The first-order valence-corrected chi connectivity index (χ1v) is 4.18. The average molecular weight is 173 g/mol. The summed E-state index contributed by atoms with van der Waals surface area (Å²) in [6, 6.07) is 8.26. The van der Waals surface area contributed by atoms with E-state index in [-0.39, 0.29) is 0 Å². The van der Waals surface area contributed by atoms with E-state index in [0.29, 0.717) is 0 Å². The van der Waals surface area contributed by atoms with Crippen molar-refractivity contribution >= 4 is 0 Å². The first kappa shape index (κ1) is 7.98. The van der Waals surface area contributed by atoms with Gasteiger partial charge in [-0.05, 0) is 6.92 Å². The fourth-order valence-electron chi connectivity index (χ4n) is 1.25. The molecule has 0 saturated heterocycles. The van der Waals surface area contributed by atoms with E-state index < -0.39 is 0 Å². The lowest BCUT2D eigenvalue weighted by Gasteiger charge is -1.99. The first-order valence-electron chi connectivity index (χ1n) is 4.18. The van der Waals surface area contributed by atoms with Crippen LogP contribution in [-0.4, -0.2) is 14.8 Å². The van der Waals surface area contributed by atoms with E-state index in [1.165, 1.54) is 5.56 Å². The van der Waals surface area contributed by atoms with Crippen LogP contribution in [0.5, 0.6) is 0 Å². The first-order chi connectivity index (χ1) is 6.27. The van der Waals surface area contributed by atoms with Gasteiger partial charge in [0.05, 0.1) is 0 Å². The van der Waals surface area contributed by atoms with Crippen molar-refractivity contribution in [2.75, 3.05) is 0 Å². The molecule has 0 radical (unpaired) electrons. The van der Waals surface area contributed by atoms with Gasteiger partial charge < -0.3 is 4.57 Å². The van der Waals surface area contributed by atoms with Crippen LogP contribution in [0, 0.1) is 6.92 Å². The van der Waals surface area contributed by atoms with E-state index in [1.54, 1.807) is 6.33 Å². The summed E-state index contributed by atoms with van der Waals surface area (Å²) in [6.45, 7) is 2.07. The fraction of sp³-hybridized carbons (Fsp3) is 0.200. The Morgan fingerprint density at radius 1 is 1.15 bits per heavy atom. The molecule has 1 aromatic heterocycles. The highest BCUT2D eigenvalue weighted by atomic mass is 15.2. The van der Waals surface area contributed by atoms with Gasteiger partial charge >= 0.3 is 0 Å². The maximum Gasteiger partial charge on any atom is 0.163 e. The number of nitrogens with zero attached hydrogens (tertiary/aromatic N) is 3. The molecule has 0 bridgehead atoms. The molecule has 0 aliphatic heterocycles. The minimum Gasteiger partial charge on any atom is -0.317 e. The molecule has 1 aromatic carbocycles. The zero-order valence-electron chi connectivity index (χ0n) is 7.73.